The van der Waals surface area contributed by atoms with E-state index in [9.17, 15) is 8.42 Å². The molecule has 2 aromatic rings. The summed E-state index contributed by atoms with van der Waals surface area (Å²) < 4.78 is 27.3. The van der Waals surface area contributed by atoms with Crippen molar-refractivity contribution in [3.05, 3.63) is 48.2 Å². The van der Waals surface area contributed by atoms with Gasteiger partial charge in [-0.05, 0) is 36.6 Å². The second-order valence-corrected chi connectivity index (χ2v) is 6.63. The molecular formula is C14H16N4O2S. The Balaban J connectivity index is 2.12. The summed E-state index contributed by atoms with van der Waals surface area (Å²) in [5, 5.41) is 0. The molecule has 7 heteroatoms. The molecular weight excluding hydrogens is 288 g/mol. The molecule has 0 aliphatic carbocycles. The molecule has 0 fully saturated rings. The Morgan fingerprint density at radius 1 is 1.19 bits per heavy atom. The van der Waals surface area contributed by atoms with Crippen LogP contribution in [0.4, 0.5) is 11.5 Å². The minimum absolute atomic E-state index is 0.0872. The highest BCUT2D eigenvalue weighted by Gasteiger charge is 2.30. The predicted octanol–water partition coefficient (Wildman–Crippen LogP) is 1.51. The van der Waals surface area contributed by atoms with Gasteiger partial charge in [-0.3, -0.25) is 4.31 Å². The minimum atomic E-state index is -3.69. The molecule has 0 spiro atoms. The fraction of sp³-hybridized carbons (Fsp3) is 0.214. The molecule has 0 bridgehead atoms. The molecule has 0 saturated carbocycles. The standard InChI is InChI=1S/C14H16N4O2S/c15-17-14-13(8-3-9-16-14)21(19,20)18-10-4-6-11-5-1-2-7-12(11)18/h1-3,5,7-9H,4,6,10,15H2,(H,16,17). The number of nitrogens with two attached hydrogens (primary N) is 1. The van der Waals surface area contributed by atoms with E-state index in [4.69, 9.17) is 5.84 Å². The zero-order valence-electron chi connectivity index (χ0n) is 11.4. The van der Waals surface area contributed by atoms with Crippen LogP contribution in [0.25, 0.3) is 0 Å². The average molecular weight is 304 g/mol. The molecule has 3 rings (SSSR count). The third-order valence-electron chi connectivity index (χ3n) is 3.54. The van der Waals surface area contributed by atoms with Crippen LogP contribution in [-0.2, 0) is 16.4 Å². The Morgan fingerprint density at radius 3 is 2.81 bits per heavy atom. The summed E-state index contributed by atoms with van der Waals surface area (Å²) in [7, 11) is -3.69. The summed E-state index contributed by atoms with van der Waals surface area (Å²) in [5.74, 6) is 5.53. The molecule has 1 aliphatic rings. The summed E-state index contributed by atoms with van der Waals surface area (Å²) in [5.41, 5.74) is 4.12. The highest BCUT2D eigenvalue weighted by atomic mass is 32.2. The van der Waals surface area contributed by atoms with Gasteiger partial charge in [0.15, 0.2) is 5.82 Å². The van der Waals surface area contributed by atoms with Gasteiger partial charge in [-0.25, -0.2) is 19.2 Å². The van der Waals surface area contributed by atoms with Crippen molar-refractivity contribution in [3.8, 4) is 0 Å². The summed E-state index contributed by atoms with van der Waals surface area (Å²) >= 11 is 0. The zero-order chi connectivity index (χ0) is 14.9. The molecule has 0 saturated heterocycles. The van der Waals surface area contributed by atoms with Crippen LogP contribution in [0.5, 0.6) is 0 Å². The van der Waals surface area contributed by atoms with Crippen molar-refractivity contribution in [1.82, 2.24) is 4.98 Å². The number of pyridine rings is 1. The molecule has 0 unspecified atom stereocenters. The maximum Gasteiger partial charge on any atom is 0.268 e. The predicted molar refractivity (Wildman–Crippen MR) is 81.3 cm³/mol. The lowest BCUT2D eigenvalue weighted by molar-refractivity contribution is 0.586. The van der Waals surface area contributed by atoms with Gasteiger partial charge in [0.05, 0.1) is 5.69 Å². The van der Waals surface area contributed by atoms with Gasteiger partial charge in [-0.2, -0.15) is 0 Å². The molecule has 1 aliphatic heterocycles. The summed E-state index contributed by atoms with van der Waals surface area (Å²) in [6.07, 6.45) is 3.18. The van der Waals surface area contributed by atoms with E-state index in [2.05, 4.69) is 10.4 Å². The fourth-order valence-corrected chi connectivity index (χ4v) is 4.23. The van der Waals surface area contributed by atoms with Crippen molar-refractivity contribution in [1.29, 1.82) is 0 Å². The number of nitrogens with one attached hydrogen (secondary N) is 1. The number of fused-ring (bicyclic) bond motifs is 1. The van der Waals surface area contributed by atoms with Gasteiger partial charge in [0.25, 0.3) is 10.0 Å². The summed E-state index contributed by atoms with van der Waals surface area (Å²) in [6, 6.07) is 10.7. The van der Waals surface area contributed by atoms with Gasteiger partial charge in [0.2, 0.25) is 0 Å². The highest BCUT2D eigenvalue weighted by Crippen LogP contribution is 2.33. The molecule has 21 heavy (non-hydrogen) atoms. The number of aromatic nitrogens is 1. The van der Waals surface area contributed by atoms with Crippen molar-refractivity contribution in [2.24, 2.45) is 5.84 Å². The third kappa shape index (κ3) is 2.34. The van der Waals surface area contributed by atoms with Crippen LogP contribution in [0, 0.1) is 0 Å². The Labute approximate surface area is 123 Å². The van der Waals surface area contributed by atoms with E-state index in [1.807, 2.05) is 24.3 Å². The van der Waals surface area contributed by atoms with Crippen LogP contribution < -0.4 is 15.6 Å². The van der Waals surface area contributed by atoms with Crippen molar-refractivity contribution < 1.29 is 8.42 Å². The van der Waals surface area contributed by atoms with Gasteiger partial charge in [-0.1, -0.05) is 18.2 Å². The Morgan fingerprint density at radius 2 is 2.00 bits per heavy atom. The number of para-hydroxylation sites is 1. The van der Waals surface area contributed by atoms with Crippen molar-refractivity contribution >= 4 is 21.5 Å². The van der Waals surface area contributed by atoms with E-state index in [0.29, 0.717) is 6.54 Å². The third-order valence-corrected chi connectivity index (χ3v) is 5.39. The first-order valence-corrected chi connectivity index (χ1v) is 8.11. The molecule has 2 heterocycles. The van der Waals surface area contributed by atoms with Crippen LogP contribution in [0.3, 0.4) is 0 Å². The maximum atomic E-state index is 12.9. The molecule has 3 N–H and O–H groups in total. The van der Waals surface area contributed by atoms with Gasteiger partial charge < -0.3 is 5.43 Å². The van der Waals surface area contributed by atoms with Crippen LogP contribution in [0.1, 0.15) is 12.0 Å². The molecule has 0 radical (unpaired) electrons. The molecule has 1 aromatic carbocycles. The number of hydrazine groups is 1. The van der Waals surface area contributed by atoms with Crippen molar-refractivity contribution in [3.63, 3.8) is 0 Å². The van der Waals surface area contributed by atoms with E-state index in [0.717, 1.165) is 24.1 Å². The lowest BCUT2D eigenvalue weighted by Crippen LogP contribution is -2.36. The number of nitrogen functional groups attached to an aromatic ring is 1. The normalized spacial score (nSPS) is 14.6. The highest BCUT2D eigenvalue weighted by molar-refractivity contribution is 7.93. The first-order chi connectivity index (χ1) is 10.1. The monoisotopic (exact) mass is 304 g/mol. The Kier molecular flexibility index (Phi) is 3.52. The second kappa shape index (κ2) is 5.34. The van der Waals surface area contributed by atoms with Crippen molar-refractivity contribution in [2.45, 2.75) is 17.7 Å². The van der Waals surface area contributed by atoms with E-state index in [-0.39, 0.29) is 10.7 Å². The minimum Gasteiger partial charge on any atom is -0.307 e. The van der Waals surface area contributed by atoms with Crippen LogP contribution >= 0.6 is 0 Å². The maximum absolute atomic E-state index is 12.9. The quantitative estimate of drug-likeness (QED) is 0.663. The number of hydrogen-bond donors (Lipinski definition) is 2. The molecule has 110 valence electrons. The lowest BCUT2D eigenvalue weighted by Gasteiger charge is -2.30. The molecule has 0 amide bonds. The molecule has 0 atom stereocenters. The van der Waals surface area contributed by atoms with Gasteiger partial charge >= 0.3 is 0 Å². The van der Waals surface area contributed by atoms with Crippen LogP contribution in [-0.4, -0.2) is 19.9 Å². The number of hydrogen-bond acceptors (Lipinski definition) is 5. The number of benzene rings is 1. The first-order valence-electron chi connectivity index (χ1n) is 6.67. The Hall–Kier alpha value is -2.12. The molecule has 1 aromatic heterocycles. The van der Waals surface area contributed by atoms with E-state index < -0.39 is 10.0 Å². The Bertz CT molecular complexity index is 761. The topological polar surface area (TPSA) is 88.3 Å². The molecule has 6 nitrogen and oxygen atoms in total. The number of anilines is 2. The largest absolute Gasteiger partial charge is 0.307 e. The number of aryl methyl sites for hydroxylation is 1. The van der Waals surface area contributed by atoms with Gasteiger partial charge in [0.1, 0.15) is 4.90 Å². The fourth-order valence-electron chi connectivity index (χ4n) is 2.57. The van der Waals surface area contributed by atoms with E-state index in [1.54, 1.807) is 6.07 Å². The van der Waals surface area contributed by atoms with Gasteiger partial charge in [0, 0.05) is 12.7 Å². The summed E-state index contributed by atoms with van der Waals surface area (Å²) in [6.45, 7) is 0.457. The van der Waals surface area contributed by atoms with Gasteiger partial charge in [-0.15, -0.1) is 0 Å². The van der Waals surface area contributed by atoms with E-state index >= 15 is 0 Å². The first kappa shape index (κ1) is 13.8. The van der Waals surface area contributed by atoms with Crippen LogP contribution in [0.2, 0.25) is 0 Å². The van der Waals surface area contributed by atoms with E-state index in [1.165, 1.54) is 16.6 Å². The smallest absolute Gasteiger partial charge is 0.268 e. The second-order valence-electron chi connectivity index (χ2n) is 4.80. The van der Waals surface area contributed by atoms with Crippen molar-refractivity contribution in [2.75, 3.05) is 16.3 Å². The lowest BCUT2D eigenvalue weighted by atomic mass is 10.0. The SMILES string of the molecule is NNc1ncccc1S(=O)(=O)N1CCCc2ccccc21. The zero-order valence-corrected chi connectivity index (χ0v) is 12.2. The number of nitrogens with zero attached hydrogens (tertiary/aromatic N) is 2. The summed E-state index contributed by atoms with van der Waals surface area (Å²) in [4.78, 5) is 4.06. The number of sulfonamides is 1. The average Bonchev–Trinajstić information content (AvgIpc) is 2.54. The number of rotatable bonds is 3. The van der Waals surface area contributed by atoms with Crippen LogP contribution in [0.15, 0.2) is 47.5 Å².